The van der Waals surface area contributed by atoms with Gasteiger partial charge in [0.25, 0.3) is 0 Å². The highest BCUT2D eigenvalue weighted by molar-refractivity contribution is 5.89. The number of aryl methyl sites for hydroxylation is 1. The number of amides is 2. The second-order valence-electron chi connectivity index (χ2n) is 4.39. The standard InChI is InChI=1S/C15H14F2N2O/c1-10-5-7-11(8-6-10)9-18-15(20)19-14-12(16)3-2-4-13(14)17/h2-8H,9H2,1H3,(H2,18,19,20). The van der Waals surface area contributed by atoms with Gasteiger partial charge in [-0.3, -0.25) is 0 Å². The molecule has 0 aliphatic heterocycles. The van der Waals surface area contributed by atoms with Gasteiger partial charge in [-0.05, 0) is 24.6 Å². The summed E-state index contributed by atoms with van der Waals surface area (Å²) in [5.41, 5.74) is 1.57. The summed E-state index contributed by atoms with van der Waals surface area (Å²) in [7, 11) is 0. The van der Waals surface area contributed by atoms with E-state index in [0.717, 1.165) is 23.3 Å². The maximum Gasteiger partial charge on any atom is 0.319 e. The lowest BCUT2D eigenvalue weighted by Gasteiger charge is -2.09. The van der Waals surface area contributed by atoms with Crippen LogP contribution in [0.3, 0.4) is 0 Å². The molecule has 0 spiro atoms. The number of anilines is 1. The Bertz CT molecular complexity index is 592. The SMILES string of the molecule is Cc1ccc(CNC(=O)Nc2c(F)cccc2F)cc1. The first-order valence-electron chi connectivity index (χ1n) is 6.10. The highest BCUT2D eigenvalue weighted by Gasteiger charge is 2.11. The Balaban J connectivity index is 1.94. The van der Waals surface area contributed by atoms with Gasteiger partial charge in [0.1, 0.15) is 17.3 Å². The Morgan fingerprint density at radius 2 is 1.65 bits per heavy atom. The van der Waals surface area contributed by atoms with Crippen molar-refractivity contribution in [3.8, 4) is 0 Å². The minimum Gasteiger partial charge on any atom is -0.334 e. The van der Waals surface area contributed by atoms with Gasteiger partial charge in [-0.1, -0.05) is 35.9 Å². The van der Waals surface area contributed by atoms with Crippen molar-refractivity contribution in [2.45, 2.75) is 13.5 Å². The lowest BCUT2D eigenvalue weighted by Crippen LogP contribution is -2.29. The summed E-state index contributed by atoms with van der Waals surface area (Å²) < 4.78 is 26.7. The molecule has 2 rings (SSSR count). The van der Waals surface area contributed by atoms with E-state index in [1.165, 1.54) is 6.07 Å². The number of carbonyl (C=O) groups excluding carboxylic acids is 1. The summed E-state index contributed by atoms with van der Waals surface area (Å²) in [6.45, 7) is 2.24. The first-order valence-corrected chi connectivity index (χ1v) is 6.10. The van der Waals surface area contributed by atoms with Crippen molar-refractivity contribution in [3.63, 3.8) is 0 Å². The van der Waals surface area contributed by atoms with Crippen molar-refractivity contribution in [2.75, 3.05) is 5.32 Å². The molecule has 0 aromatic heterocycles. The first-order chi connectivity index (χ1) is 9.56. The van der Waals surface area contributed by atoms with Crippen LogP contribution < -0.4 is 10.6 Å². The van der Waals surface area contributed by atoms with Crippen LogP contribution in [-0.4, -0.2) is 6.03 Å². The Labute approximate surface area is 115 Å². The van der Waals surface area contributed by atoms with Gasteiger partial charge >= 0.3 is 6.03 Å². The molecule has 0 heterocycles. The smallest absolute Gasteiger partial charge is 0.319 e. The zero-order valence-electron chi connectivity index (χ0n) is 10.9. The molecule has 0 bridgehead atoms. The van der Waals surface area contributed by atoms with Gasteiger partial charge in [-0.15, -0.1) is 0 Å². The summed E-state index contributed by atoms with van der Waals surface area (Å²) in [6, 6.07) is 10.3. The molecule has 3 nitrogen and oxygen atoms in total. The van der Waals surface area contributed by atoms with E-state index in [-0.39, 0.29) is 6.54 Å². The number of hydrogen-bond acceptors (Lipinski definition) is 1. The van der Waals surface area contributed by atoms with Crippen LogP contribution >= 0.6 is 0 Å². The molecule has 0 aliphatic carbocycles. The normalized spacial score (nSPS) is 10.2. The minimum atomic E-state index is -0.810. The van der Waals surface area contributed by atoms with E-state index < -0.39 is 23.4 Å². The number of para-hydroxylation sites is 1. The third-order valence-electron chi connectivity index (χ3n) is 2.77. The van der Waals surface area contributed by atoms with Crippen molar-refractivity contribution < 1.29 is 13.6 Å². The molecule has 2 N–H and O–H groups in total. The second-order valence-corrected chi connectivity index (χ2v) is 4.39. The average Bonchev–Trinajstić information content (AvgIpc) is 2.42. The maximum absolute atomic E-state index is 13.3. The van der Waals surface area contributed by atoms with Crippen LogP contribution in [0.5, 0.6) is 0 Å². The van der Waals surface area contributed by atoms with Gasteiger partial charge in [0, 0.05) is 6.54 Å². The molecule has 5 heteroatoms. The van der Waals surface area contributed by atoms with Crippen LogP contribution in [0.25, 0.3) is 0 Å². The van der Waals surface area contributed by atoms with Gasteiger partial charge in [-0.25, -0.2) is 13.6 Å². The maximum atomic E-state index is 13.3. The molecule has 0 fully saturated rings. The Morgan fingerprint density at radius 3 is 2.25 bits per heavy atom. The summed E-state index contributed by atoms with van der Waals surface area (Å²) in [4.78, 5) is 11.6. The van der Waals surface area contributed by atoms with Crippen molar-refractivity contribution >= 4 is 11.7 Å². The van der Waals surface area contributed by atoms with E-state index in [9.17, 15) is 13.6 Å². The summed E-state index contributed by atoms with van der Waals surface area (Å²) in [5.74, 6) is -1.62. The fourth-order valence-electron chi connectivity index (χ4n) is 1.66. The molecule has 2 aromatic rings. The molecule has 0 saturated heterocycles. The van der Waals surface area contributed by atoms with Gasteiger partial charge < -0.3 is 10.6 Å². The third-order valence-corrected chi connectivity index (χ3v) is 2.77. The molecule has 0 atom stereocenters. The number of rotatable bonds is 3. The Kier molecular flexibility index (Phi) is 4.30. The average molecular weight is 276 g/mol. The monoisotopic (exact) mass is 276 g/mol. The fraction of sp³-hybridized carbons (Fsp3) is 0.133. The molecule has 2 aromatic carbocycles. The summed E-state index contributed by atoms with van der Waals surface area (Å²) in [6.07, 6.45) is 0. The lowest BCUT2D eigenvalue weighted by atomic mass is 10.1. The first kappa shape index (κ1) is 14.0. The molecule has 2 amide bonds. The number of hydrogen-bond donors (Lipinski definition) is 2. The molecular formula is C15H14F2N2O. The Morgan fingerprint density at radius 1 is 1.05 bits per heavy atom. The van der Waals surface area contributed by atoms with Crippen LogP contribution in [0.1, 0.15) is 11.1 Å². The van der Waals surface area contributed by atoms with Crippen LogP contribution in [-0.2, 0) is 6.54 Å². The van der Waals surface area contributed by atoms with Crippen molar-refractivity contribution in [1.82, 2.24) is 5.32 Å². The number of halogens is 2. The molecule has 104 valence electrons. The number of carbonyl (C=O) groups is 1. The van der Waals surface area contributed by atoms with Gasteiger partial charge in [0.15, 0.2) is 0 Å². The summed E-state index contributed by atoms with van der Waals surface area (Å²) in [5, 5.41) is 4.70. The number of urea groups is 1. The Hall–Kier alpha value is -2.43. The van der Waals surface area contributed by atoms with E-state index >= 15 is 0 Å². The second kappa shape index (κ2) is 6.14. The highest BCUT2D eigenvalue weighted by atomic mass is 19.1. The zero-order chi connectivity index (χ0) is 14.5. The van der Waals surface area contributed by atoms with Crippen molar-refractivity contribution in [1.29, 1.82) is 0 Å². The molecule has 0 aliphatic rings. The van der Waals surface area contributed by atoms with E-state index in [4.69, 9.17) is 0 Å². The quantitative estimate of drug-likeness (QED) is 0.883. The molecule has 0 radical (unpaired) electrons. The van der Waals surface area contributed by atoms with Crippen molar-refractivity contribution in [3.05, 3.63) is 65.2 Å². The van der Waals surface area contributed by atoms with Gasteiger partial charge in [0.05, 0.1) is 0 Å². The predicted octanol–water partition coefficient (Wildman–Crippen LogP) is 3.59. The zero-order valence-corrected chi connectivity index (χ0v) is 10.9. The molecular weight excluding hydrogens is 262 g/mol. The number of nitrogens with one attached hydrogen (secondary N) is 2. The van der Waals surface area contributed by atoms with Gasteiger partial charge in [0.2, 0.25) is 0 Å². The fourth-order valence-corrected chi connectivity index (χ4v) is 1.66. The van der Waals surface area contributed by atoms with E-state index in [1.807, 2.05) is 31.2 Å². The summed E-state index contributed by atoms with van der Waals surface area (Å²) >= 11 is 0. The topological polar surface area (TPSA) is 41.1 Å². The largest absolute Gasteiger partial charge is 0.334 e. The third kappa shape index (κ3) is 3.54. The highest BCUT2D eigenvalue weighted by Crippen LogP contribution is 2.17. The van der Waals surface area contributed by atoms with E-state index in [0.29, 0.717) is 0 Å². The van der Waals surface area contributed by atoms with E-state index in [2.05, 4.69) is 10.6 Å². The van der Waals surface area contributed by atoms with E-state index in [1.54, 1.807) is 0 Å². The van der Waals surface area contributed by atoms with Crippen LogP contribution in [0.15, 0.2) is 42.5 Å². The van der Waals surface area contributed by atoms with Crippen LogP contribution in [0.2, 0.25) is 0 Å². The lowest BCUT2D eigenvalue weighted by molar-refractivity contribution is 0.251. The molecule has 0 unspecified atom stereocenters. The van der Waals surface area contributed by atoms with Crippen LogP contribution in [0, 0.1) is 18.6 Å². The predicted molar refractivity (Wildman–Crippen MR) is 73.4 cm³/mol. The molecule has 20 heavy (non-hydrogen) atoms. The molecule has 0 saturated carbocycles. The number of benzene rings is 2. The van der Waals surface area contributed by atoms with Crippen molar-refractivity contribution in [2.24, 2.45) is 0 Å². The van der Waals surface area contributed by atoms with Crippen LogP contribution in [0.4, 0.5) is 19.3 Å². The minimum absolute atomic E-state index is 0.280. The van der Waals surface area contributed by atoms with Gasteiger partial charge in [-0.2, -0.15) is 0 Å².